The average molecular weight is 538 g/mol. The fourth-order valence-corrected chi connectivity index (χ4v) is 4.39. The van der Waals surface area contributed by atoms with E-state index in [1.165, 1.54) is 9.79 Å². The standard InChI is InChI=1S/C33H31NO2S2/c1-37-31-20-13-26(14-21-31)12-18-30(34-36-25-27-8-4-3-5-9-27)19-17-29-10-6-7-11-33(29)35-24-28-15-22-32(38-2)23-16-28/h3-23H,24-25H2,1-2H3/b18-12+,19-17+,34-30+. The van der Waals surface area contributed by atoms with Gasteiger partial charge in [0.05, 0.1) is 0 Å². The zero-order chi connectivity index (χ0) is 26.4. The van der Waals surface area contributed by atoms with Crippen molar-refractivity contribution in [1.29, 1.82) is 0 Å². The van der Waals surface area contributed by atoms with Crippen molar-refractivity contribution in [3.63, 3.8) is 0 Å². The summed E-state index contributed by atoms with van der Waals surface area (Å²) in [5.41, 5.74) is 4.98. The number of thioether (sulfide) groups is 2. The number of benzene rings is 4. The summed E-state index contributed by atoms with van der Waals surface area (Å²) in [4.78, 5) is 8.18. The van der Waals surface area contributed by atoms with E-state index in [2.05, 4.69) is 66.2 Å². The molecule has 0 amide bonds. The van der Waals surface area contributed by atoms with Gasteiger partial charge in [-0.1, -0.05) is 84.0 Å². The van der Waals surface area contributed by atoms with Crippen LogP contribution >= 0.6 is 23.5 Å². The van der Waals surface area contributed by atoms with E-state index in [0.29, 0.717) is 18.9 Å². The third-order valence-corrected chi connectivity index (χ3v) is 7.20. The number of oxime groups is 1. The lowest BCUT2D eigenvalue weighted by molar-refractivity contribution is 0.131. The average Bonchev–Trinajstić information content (AvgIpc) is 2.98. The summed E-state index contributed by atoms with van der Waals surface area (Å²) in [5.74, 6) is 0.818. The van der Waals surface area contributed by atoms with E-state index in [1.54, 1.807) is 23.5 Å². The molecule has 0 saturated carbocycles. The van der Waals surface area contributed by atoms with Crippen LogP contribution in [0.3, 0.4) is 0 Å². The van der Waals surface area contributed by atoms with Gasteiger partial charge in [-0.05, 0) is 77.8 Å². The molecule has 0 radical (unpaired) electrons. The van der Waals surface area contributed by atoms with Crippen molar-refractivity contribution in [2.24, 2.45) is 5.16 Å². The van der Waals surface area contributed by atoms with Crippen LogP contribution < -0.4 is 4.74 Å². The summed E-state index contributed by atoms with van der Waals surface area (Å²) >= 11 is 3.46. The van der Waals surface area contributed by atoms with E-state index >= 15 is 0 Å². The number of nitrogens with zero attached hydrogens (tertiary/aromatic N) is 1. The predicted octanol–water partition coefficient (Wildman–Crippen LogP) is 9.01. The van der Waals surface area contributed by atoms with Crippen LogP contribution in [0, 0.1) is 0 Å². The van der Waals surface area contributed by atoms with Gasteiger partial charge in [-0.3, -0.25) is 0 Å². The first-order valence-corrected chi connectivity index (χ1v) is 14.8. The number of rotatable bonds is 12. The molecule has 0 aliphatic heterocycles. The number of hydrogen-bond acceptors (Lipinski definition) is 5. The smallest absolute Gasteiger partial charge is 0.142 e. The zero-order valence-electron chi connectivity index (χ0n) is 21.6. The molecule has 0 spiro atoms. The van der Waals surface area contributed by atoms with Crippen LogP contribution in [0.15, 0.2) is 130 Å². The largest absolute Gasteiger partial charge is 0.488 e. The third kappa shape index (κ3) is 8.72. The lowest BCUT2D eigenvalue weighted by atomic mass is 10.1. The minimum atomic E-state index is 0.406. The monoisotopic (exact) mass is 537 g/mol. The summed E-state index contributed by atoms with van der Waals surface area (Å²) in [7, 11) is 0. The zero-order valence-corrected chi connectivity index (χ0v) is 23.3. The molecule has 0 N–H and O–H groups in total. The van der Waals surface area contributed by atoms with Crippen molar-refractivity contribution in [3.05, 3.63) is 138 Å². The lowest BCUT2D eigenvalue weighted by Crippen LogP contribution is -1.97. The van der Waals surface area contributed by atoms with E-state index in [4.69, 9.17) is 9.57 Å². The molecule has 0 bridgehead atoms. The van der Waals surface area contributed by atoms with Crippen LogP contribution in [0.4, 0.5) is 0 Å². The van der Waals surface area contributed by atoms with Crippen molar-refractivity contribution in [2.75, 3.05) is 12.5 Å². The second-order valence-electron chi connectivity index (χ2n) is 8.39. The van der Waals surface area contributed by atoms with E-state index < -0.39 is 0 Å². The second-order valence-corrected chi connectivity index (χ2v) is 10.1. The van der Waals surface area contributed by atoms with Crippen LogP contribution in [0.25, 0.3) is 12.2 Å². The summed E-state index contributed by atoms with van der Waals surface area (Å²) < 4.78 is 6.17. The molecule has 5 heteroatoms. The van der Waals surface area contributed by atoms with Gasteiger partial charge in [-0.2, -0.15) is 0 Å². The van der Waals surface area contributed by atoms with Crippen LogP contribution in [-0.4, -0.2) is 18.2 Å². The van der Waals surface area contributed by atoms with E-state index in [9.17, 15) is 0 Å². The van der Waals surface area contributed by atoms with Crippen molar-refractivity contribution in [1.82, 2.24) is 0 Å². The fraction of sp³-hybridized carbons (Fsp3) is 0.121. The summed E-state index contributed by atoms with van der Waals surface area (Å²) in [6.45, 7) is 0.913. The van der Waals surface area contributed by atoms with Crippen LogP contribution in [0.5, 0.6) is 5.75 Å². The highest BCUT2D eigenvalue weighted by molar-refractivity contribution is 7.98. The van der Waals surface area contributed by atoms with E-state index in [-0.39, 0.29) is 0 Å². The van der Waals surface area contributed by atoms with Gasteiger partial charge in [0.1, 0.15) is 24.7 Å². The Bertz CT molecular complexity index is 1360. The molecule has 0 saturated heterocycles. The molecule has 4 aromatic carbocycles. The highest BCUT2D eigenvalue weighted by Crippen LogP contribution is 2.22. The quantitative estimate of drug-likeness (QED) is 0.102. The minimum absolute atomic E-state index is 0.406. The molecule has 4 rings (SSSR count). The number of hydrogen-bond donors (Lipinski definition) is 0. The Morgan fingerprint density at radius 1 is 0.658 bits per heavy atom. The second kappa shape index (κ2) is 14.9. The molecular formula is C33H31NO2S2. The molecule has 0 heterocycles. The van der Waals surface area contributed by atoms with Crippen LogP contribution in [0.2, 0.25) is 0 Å². The maximum absolute atomic E-state index is 6.17. The molecule has 38 heavy (non-hydrogen) atoms. The van der Waals surface area contributed by atoms with Crippen LogP contribution in [0.1, 0.15) is 22.3 Å². The lowest BCUT2D eigenvalue weighted by Gasteiger charge is -2.10. The Hall–Kier alpha value is -3.67. The Morgan fingerprint density at radius 2 is 1.26 bits per heavy atom. The van der Waals surface area contributed by atoms with Gasteiger partial charge in [-0.15, -0.1) is 23.5 Å². The SMILES string of the molecule is CSc1ccc(/C=C/C(/C=C/c2ccccc2OCc2ccc(SC)cc2)=N\OCc2ccccc2)cc1. The highest BCUT2D eigenvalue weighted by atomic mass is 32.2. The summed E-state index contributed by atoms with van der Waals surface area (Å²) in [6, 6.07) is 34.9. The van der Waals surface area contributed by atoms with Gasteiger partial charge in [0.2, 0.25) is 0 Å². The molecule has 0 fully saturated rings. The summed E-state index contributed by atoms with van der Waals surface area (Å²) in [6.07, 6.45) is 12.1. The van der Waals surface area contributed by atoms with Crippen molar-refractivity contribution in [2.45, 2.75) is 23.0 Å². The van der Waals surface area contributed by atoms with Crippen molar-refractivity contribution < 1.29 is 9.57 Å². The topological polar surface area (TPSA) is 30.8 Å². The maximum atomic E-state index is 6.17. The van der Waals surface area contributed by atoms with Crippen LogP contribution in [-0.2, 0) is 18.1 Å². The predicted molar refractivity (Wildman–Crippen MR) is 164 cm³/mol. The molecule has 0 aromatic heterocycles. The molecule has 192 valence electrons. The third-order valence-electron chi connectivity index (χ3n) is 5.71. The molecular weight excluding hydrogens is 507 g/mol. The highest BCUT2D eigenvalue weighted by Gasteiger charge is 2.02. The Kier molecular flexibility index (Phi) is 10.7. The van der Waals surface area contributed by atoms with Gasteiger partial charge >= 0.3 is 0 Å². The van der Waals surface area contributed by atoms with Gasteiger partial charge < -0.3 is 9.57 Å². The molecule has 4 aromatic rings. The first kappa shape index (κ1) is 27.4. The van der Waals surface area contributed by atoms with Crippen molar-refractivity contribution in [3.8, 4) is 5.75 Å². The maximum Gasteiger partial charge on any atom is 0.142 e. The minimum Gasteiger partial charge on any atom is -0.488 e. The van der Waals surface area contributed by atoms with Gasteiger partial charge in [0.25, 0.3) is 0 Å². The van der Waals surface area contributed by atoms with Gasteiger partial charge in [0.15, 0.2) is 0 Å². The fourth-order valence-electron chi connectivity index (χ4n) is 3.58. The normalized spacial score (nSPS) is 11.8. The first-order valence-electron chi connectivity index (χ1n) is 12.3. The summed E-state index contributed by atoms with van der Waals surface area (Å²) in [5, 5.41) is 4.42. The number of allylic oxidation sites excluding steroid dienone is 2. The molecule has 0 aliphatic carbocycles. The molecule has 0 unspecified atom stereocenters. The van der Waals surface area contributed by atoms with E-state index in [0.717, 1.165) is 28.0 Å². The number of ether oxygens (including phenoxy) is 1. The van der Waals surface area contributed by atoms with E-state index in [1.807, 2.05) is 78.9 Å². The molecule has 3 nitrogen and oxygen atoms in total. The molecule has 0 atom stereocenters. The Labute approximate surface area is 234 Å². The van der Waals surface area contributed by atoms with Gasteiger partial charge in [-0.25, -0.2) is 0 Å². The molecule has 0 aliphatic rings. The number of para-hydroxylation sites is 1. The Morgan fingerprint density at radius 3 is 1.97 bits per heavy atom. The van der Waals surface area contributed by atoms with Gasteiger partial charge in [0, 0.05) is 15.4 Å². The Balaban J connectivity index is 1.49. The van der Waals surface area contributed by atoms with Crippen molar-refractivity contribution >= 4 is 41.4 Å². The first-order chi connectivity index (χ1) is 18.7.